The van der Waals surface area contributed by atoms with Crippen molar-refractivity contribution in [2.24, 2.45) is 0 Å². The highest BCUT2D eigenvalue weighted by Crippen LogP contribution is 2.30. The normalized spacial score (nSPS) is 16.4. The van der Waals surface area contributed by atoms with E-state index in [2.05, 4.69) is 24.4 Å². The van der Waals surface area contributed by atoms with Crippen molar-refractivity contribution in [3.05, 3.63) is 23.8 Å². The zero-order valence-electron chi connectivity index (χ0n) is 10.7. The van der Waals surface area contributed by atoms with Crippen molar-refractivity contribution in [3.8, 4) is 11.5 Å². The number of fused-ring (bicyclic) bond motifs is 1. The Bertz CT molecular complexity index is 365. The molecule has 1 aliphatic heterocycles. The molecule has 1 aromatic rings. The molecular formula is C14H21NO2. The lowest BCUT2D eigenvalue weighted by Gasteiger charge is -2.12. The first kappa shape index (κ1) is 12.2. The number of ether oxygens (including phenoxy) is 2. The van der Waals surface area contributed by atoms with Gasteiger partial charge in [0.2, 0.25) is 0 Å². The van der Waals surface area contributed by atoms with E-state index in [1.54, 1.807) is 0 Å². The third-order valence-corrected chi connectivity index (χ3v) is 3.17. The lowest BCUT2D eigenvalue weighted by Crippen LogP contribution is -2.21. The summed E-state index contributed by atoms with van der Waals surface area (Å²) >= 11 is 0. The fourth-order valence-corrected chi connectivity index (χ4v) is 1.89. The molecule has 1 N–H and O–H groups in total. The van der Waals surface area contributed by atoms with Crippen molar-refractivity contribution in [1.29, 1.82) is 0 Å². The summed E-state index contributed by atoms with van der Waals surface area (Å²) < 4.78 is 11.3. The fourth-order valence-electron chi connectivity index (χ4n) is 1.89. The second-order valence-electron chi connectivity index (χ2n) is 4.56. The first-order chi connectivity index (χ1) is 8.29. The van der Waals surface area contributed by atoms with Gasteiger partial charge >= 0.3 is 0 Å². The minimum atomic E-state index is 0.547. The van der Waals surface area contributed by atoms with E-state index in [1.807, 2.05) is 13.1 Å². The SMILES string of the molecule is CNC(C)CCc1ccc2c(c1)OCCCO2. The molecule has 3 nitrogen and oxygen atoms in total. The van der Waals surface area contributed by atoms with Crippen molar-refractivity contribution in [2.45, 2.75) is 32.2 Å². The average molecular weight is 235 g/mol. The molecule has 0 saturated heterocycles. The molecule has 0 aliphatic carbocycles. The van der Waals surface area contributed by atoms with Crippen LogP contribution in [0.25, 0.3) is 0 Å². The van der Waals surface area contributed by atoms with Crippen LogP contribution < -0.4 is 14.8 Å². The van der Waals surface area contributed by atoms with Crippen LogP contribution in [0.1, 0.15) is 25.3 Å². The second kappa shape index (κ2) is 5.92. The van der Waals surface area contributed by atoms with Gasteiger partial charge in [0.05, 0.1) is 13.2 Å². The Morgan fingerprint density at radius 1 is 1.24 bits per heavy atom. The van der Waals surface area contributed by atoms with Gasteiger partial charge in [-0.3, -0.25) is 0 Å². The number of aryl methyl sites for hydroxylation is 1. The molecule has 1 aromatic carbocycles. The highest BCUT2D eigenvalue weighted by molar-refractivity contribution is 5.43. The van der Waals surface area contributed by atoms with Crippen LogP contribution in [0.2, 0.25) is 0 Å². The fraction of sp³-hybridized carbons (Fsp3) is 0.571. The van der Waals surface area contributed by atoms with Gasteiger partial charge in [0.1, 0.15) is 0 Å². The van der Waals surface area contributed by atoms with E-state index in [0.717, 1.165) is 44.0 Å². The molecule has 0 saturated carbocycles. The maximum atomic E-state index is 5.68. The largest absolute Gasteiger partial charge is 0.490 e. The Kier molecular flexibility index (Phi) is 4.26. The van der Waals surface area contributed by atoms with Gasteiger partial charge in [-0.05, 0) is 44.5 Å². The molecular weight excluding hydrogens is 214 g/mol. The monoisotopic (exact) mass is 235 g/mol. The smallest absolute Gasteiger partial charge is 0.161 e. The van der Waals surface area contributed by atoms with E-state index in [1.165, 1.54) is 5.56 Å². The molecule has 0 amide bonds. The molecule has 1 aliphatic rings. The molecule has 17 heavy (non-hydrogen) atoms. The third-order valence-electron chi connectivity index (χ3n) is 3.17. The Labute approximate surface area is 103 Å². The van der Waals surface area contributed by atoms with E-state index in [9.17, 15) is 0 Å². The first-order valence-corrected chi connectivity index (χ1v) is 6.35. The summed E-state index contributed by atoms with van der Waals surface area (Å²) in [6.07, 6.45) is 3.16. The quantitative estimate of drug-likeness (QED) is 0.869. The van der Waals surface area contributed by atoms with Crippen molar-refractivity contribution < 1.29 is 9.47 Å². The number of rotatable bonds is 4. The predicted molar refractivity (Wildman–Crippen MR) is 68.9 cm³/mol. The molecule has 0 spiro atoms. The van der Waals surface area contributed by atoms with Crippen LogP contribution in [0.15, 0.2) is 18.2 Å². The summed E-state index contributed by atoms with van der Waals surface area (Å²) in [5, 5.41) is 3.25. The Morgan fingerprint density at radius 2 is 2.00 bits per heavy atom. The van der Waals surface area contributed by atoms with Crippen LogP contribution >= 0.6 is 0 Å². The number of hydrogen-bond donors (Lipinski definition) is 1. The summed E-state index contributed by atoms with van der Waals surface area (Å²) in [5.41, 5.74) is 1.32. The lowest BCUT2D eigenvalue weighted by atomic mass is 10.1. The second-order valence-corrected chi connectivity index (χ2v) is 4.56. The van der Waals surface area contributed by atoms with Gasteiger partial charge < -0.3 is 14.8 Å². The standard InChI is InChI=1S/C14H21NO2/c1-11(15-2)4-5-12-6-7-13-14(10-12)17-9-3-8-16-13/h6-7,10-11,15H,3-5,8-9H2,1-2H3. The van der Waals surface area contributed by atoms with E-state index in [4.69, 9.17) is 9.47 Å². The van der Waals surface area contributed by atoms with Crippen LogP contribution in [0.3, 0.4) is 0 Å². The van der Waals surface area contributed by atoms with Gasteiger partial charge in [0.25, 0.3) is 0 Å². The molecule has 0 radical (unpaired) electrons. The molecule has 0 bridgehead atoms. The molecule has 94 valence electrons. The number of nitrogens with one attached hydrogen (secondary N) is 1. The van der Waals surface area contributed by atoms with Crippen LogP contribution in [-0.4, -0.2) is 26.3 Å². The Hall–Kier alpha value is -1.22. The Morgan fingerprint density at radius 3 is 2.76 bits per heavy atom. The zero-order chi connectivity index (χ0) is 12.1. The molecule has 0 fully saturated rings. The summed E-state index contributed by atoms with van der Waals surface area (Å²) in [7, 11) is 2.00. The molecule has 2 rings (SSSR count). The molecule has 1 unspecified atom stereocenters. The van der Waals surface area contributed by atoms with Gasteiger partial charge in [-0.2, -0.15) is 0 Å². The summed E-state index contributed by atoms with van der Waals surface area (Å²) in [6.45, 7) is 3.70. The predicted octanol–water partition coefficient (Wildman–Crippen LogP) is 2.39. The molecule has 1 atom stereocenters. The molecule has 0 aromatic heterocycles. The highest BCUT2D eigenvalue weighted by Gasteiger charge is 2.10. The maximum Gasteiger partial charge on any atom is 0.161 e. The topological polar surface area (TPSA) is 30.5 Å². The number of benzene rings is 1. The minimum Gasteiger partial charge on any atom is -0.490 e. The summed E-state index contributed by atoms with van der Waals surface area (Å²) in [5.74, 6) is 1.78. The number of hydrogen-bond acceptors (Lipinski definition) is 3. The highest BCUT2D eigenvalue weighted by atomic mass is 16.5. The third kappa shape index (κ3) is 3.37. The van der Waals surface area contributed by atoms with Gasteiger partial charge in [-0.1, -0.05) is 6.07 Å². The summed E-state index contributed by atoms with van der Waals surface area (Å²) in [4.78, 5) is 0. The van der Waals surface area contributed by atoms with E-state index in [-0.39, 0.29) is 0 Å². The van der Waals surface area contributed by atoms with Crippen molar-refractivity contribution >= 4 is 0 Å². The van der Waals surface area contributed by atoms with Gasteiger partial charge in [0, 0.05) is 12.5 Å². The molecule has 3 heteroatoms. The maximum absolute atomic E-state index is 5.68. The van der Waals surface area contributed by atoms with Crippen LogP contribution in [0, 0.1) is 0 Å². The van der Waals surface area contributed by atoms with Crippen LogP contribution in [0.5, 0.6) is 11.5 Å². The lowest BCUT2D eigenvalue weighted by molar-refractivity contribution is 0.297. The van der Waals surface area contributed by atoms with Crippen LogP contribution in [-0.2, 0) is 6.42 Å². The zero-order valence-corrected chi connectivity index (χ0v) is 10.7. The van der Waals surface area contributed by atoms with Crippen molar-refractivity contribution in [2.75, 3.05) is 20.3 Å². The minimum absolute atomic E-state index is 0.547. The Balaban J connectivity index is 2.02. The van der Waals surface area contributed by atoms with E-state index >= 15 is 0 Å². The van der Waals surface area contributed by atoms with Gasteiger partial charge in [0.15, 0.2) is 11.5 Å². The average Bonchev–Trinajstić information content (AvgIpc) is 2.60. The first-order valence-electron chi connectivity index (χ1n) is 6.35. The van der Waals surface area contributed by atoms with E-state index in [0.29, 0.717) is 6.04 Å². The van der Waals surface area contributed by atoms with Crippen molar-refractivity contribution in [1.82, 2.24) is 5.32 Å². The van der Waals surface area contributed by atoms with Crippen molar-refractivity contribution in [3.63, 3.8) is 0 Å². The van der Waals surface area contributed by atoms with E-state index < -0.39 is 0 Å². The summed E-state index contributed by atoms with van der Waals surface area (Å²) in [6, 6.07) is 6.82. The van der Waals surface area contributed by atoms with Gasteiger partial charge in [-0.15, -0.1) is 0 Å². The molecule has 1 heterocycles. The van der Waals surface area contributed by atoms with Gasteiger partial charge in [-0.25, -0.2) is 0 Å². The van der Waals surface area contributed by atoms with Crippen LogP contribution in [0.4, 0.5) is 0 Å².